The van der Waals surface area contributed by atoms with Crippen LogP contribution < -0.4 is 39.6 Å². The highest BCUT2D eigenvalue weighted by Crippen LogP contribution is 2.31. The van der Waals surface area contributed by atoms with E-state index in [2.05, 4.69) is 10.2 Å². The number of rotatable bonds is 10. The van der Waals surface area contributed by atoms with E-state index in [1.807, 2.05) is 18.2 Å². The van der Waals surface area contributed by atoms with E-state index >= 15 is 0 Å². The molecule has 0 bridgehead atoms. The molecule has 0 aliphatic carbocycles. The first-order chi connectivity index (χ1) is 13.8. The number of methoxy groups -OCH3 is 1. The highest BCUT2D eigenvalue weighted by molar-refractivity contribution is 5.46. The van der Waals surface area contributed by atoms with Crippen molar-refractivity contribution in [3.8, 4) is 11.5 Å². The maximum absolute atomic E-state index is 13.1. The van der Waals surface area contributed by atoms with Crippen LogP contribution in [-0.4, -0.2) is 51.4 Å². The van der Waals surface area contributed by atoms with Crippen LogP contribution in [0.25, 0.3) is 0 Å². The fraction of sp³-hybridized carbons (Fsp3) is 0.455. The molecule has 2 aromatic rings. The third-order valence-electron chi connectivity index (χ3n) is 4.82. The molecular formula is C22H29Cl2FN2O3-2. The molecule has 1 saturated heterocycles. The average molecular weight is 459 g/mol. The molecule has 30 heavy (non-hydrogen) atoms. The second kappa shape index (κ2) is 14.4. The number of hydrogen-bond acceptors (Lipinski definition) is 5. The van der Waals surface area contributed by atoms with Gasteiger partial charge >= 0.3 is 0 Å². The first-order valence-electron chi connectivity index (χ1n) is 9.80. The largest absolute Gasteiger partial charge is 1.00 e. The molecule has 0 amide bonds. The minimum absolute atomic E-state index is 0. The van der Waals surface area contributed by atoms with Crippen molar-refractivity contribution in [3.63, 3.8) is 0 Å². The second-order valence-corrected chi connectivity index (χ2v) is 6.85. The third-order valence-corrected chi connectivity index (χ3v) is 4.82. The predicted molar refractivity (Wildman–Crippen MR) is 107 cm³/mol. The van der Waals surface area contributed by atoms with Gasteiger partial charge in [-0.25, -0.2) is 4.39 Å². The minimum atomic E-state index is -0.247. The molecule has 3 rings (SSSR count). The van der Waals surface area contributed by atoms with E-state index in [0.29, 0.717) is 18.9 Å². The number of ether oxygens (including phenoxy) is 3. The van der Waals surface area contributed by atoms with Gasteiger partial charge in [0.1, 0.15) is 12.4 Å². The summed E-state index contributed by atoms with van der Waals surface area (Å²) in [6.45, 7) is 6.82. The number of morpholine rings is 1. The van der Waals surface area contributed by atoms with Crippen LogP contribution in [0.3, 0.4) is 0 Å². The number of benzene rings is 2. The smallest absolute Gasteiger partial charge is 0.166 e. The zero-order chi connectivity index (χ0) is 19.6. The van der Waals surface area contributed by atoms with Crippen molar-refractivity contribution >= 4 is 0 Å². The number of nitrogens with one attached hydrogen (secondary N) is 1. The summed E-state index contributed by atoms with van der Waals surface area (Å²) in [4.78, 5) is 2.44. The SMILES string of the molecule is COc1cccc(CNCCCN2CCOCC2)c1OCc1ccc(F)cc1.[Cl-].[Cl-]. The second-order valence-electron chi connectivity index (χ2n) is 6.85. The van der Waals surface area contributed by atoms with E-state index in [1.165, 1.54) is 12.1 Å². The third kappa shape index (κ3) is 8.28. The number of para-hydroxylation sites is 1. The Kier molecular flexibility index (Phi) is 12.7. The summed E-state index contributed by atoms with van der Waals surface area (Å²) in [5.41, 5.74) is 1.96. The van der Waals surface area contributed by atoms with Crippen molar-refractivity contribution in [2.45, 2.75) is 19.6 Å². The normalized spacial score (nSPS) is 13.8. The standard InChI is InChI=1S/C22H29FN2O3.2ClH/c1-26-21-5-2-4-19(16-24-10-3-11-25-12-14-27-15-13-25)22(21)28-17-18-6-8-20(23)9-7-18;;/h2,4-9,24H,3,10-17H2,1H3;2*1H/p-2. The van der Waals surface area contributed by atoms with Crippen LogP contribution in [0.15, 0.2) is 42.5 Å². The molecular weight excluding hydrogens is 430 g/mol. The van der Waals surface area contributed by atoms with E-state index < -0.39 is 0 Å². The van der Waals surface area contributed by atoms with E-state index in [4.69, 9.17) is 14.2 Å². The first-order valence-corrected chi connectivity index (χ1v) is 9.80. The Morgan fingerprint density at radius 1 is 1.07 bits per heavy atom. The van der Waals surface area contributed by atoms with Crippen molar-refractivity contribution in [3.05, 3.63) is 59.4 Å². The molecule has 1 aliphatic heterocycles. The van der Waals surface area contributed by atoms with Gasteiger partial charge in [-0.05, 0) is 43.3 Å². The summed E-state index contributed by atoms with van der Waals surface area (Å²) >= 11 is 0. The van der Waals surface area contributed by atoms with Gasteiger partial charge in [-0.15, -0.1) is 0 Å². The van der Waals surface area contributed by atoms with Crippen LogP contribution in [0.4, 0.5) is 4.39 Å². The van der Waals surface area contributed by atoms with Crippen molar-refractivity contribution in [2.75, 3.05) is 46.5 Å². The summed E-state index contributed by atoms with van der Waals surface area (Å²) < 4.78 is 30.0. The lowest BCUT2D eigenvalue weighted by molar-refractivity contribution is -0.001000. The Labute approximate surface area is 190 Å². The molecule has 1 N–H and O–H groups in total. The van der Waals surface area contributed by atoms with Gasteiger partial charge in [0.15, 0.2) is 11.5 Å². The van der Waals surface area contributed by atoms with Gasteiger partial charge < -0.3 is 44.3 Å². The molecule has 5 nitrogen and oxygen atoms in total. The molecule has 0 saturated carbocycles. The van der Waals surface area contributed by atoms with Gasteiger partial charge in [0.25, 0.3) is 0 Å². The maximum atomic E-state index is 13.1. The fourth-order valence-corrected chi connectivity index (χ4v) is 3.24. The van der Waals surface area contributed by atoms with Crippen LogP contribution >= 0.6 is 0 Å². The van der Waals surface area contributed by atoms with Crippen molar-refractivity contribution in [2.24, 2.45) is 0 Å². The molecule has 168 valence electrons. The Balaban J connectivity index is 0.00000225. The van der Waals surface area contributed by atoms with Gasteiger partial charge in [0, 0.05) is 25.2 Å². The Morgan fingerprint density at radius 2 is 1.80 bits per heavy atom. The van der Waals surface area contributed by atoms with E-state index in [-0.39, 0.29) is 30.6 Å². The van der Waals surface area contributed by atoms with Crippen LogP contribution in [0, 0.1) is 5.82 Å². The van der Waals surface area contributed by atoms with Crippen molar-refractivity contribution in [1.82, 2.24) is 10.2 Å². The van der Waals surface area contributed by atoms with Gasteiger partial charge in [0.05, 0.1) is 20.3 Å². The first kappa shape index (κ1) is 26.5. The summed E-state index contributed by atoms with van der Waals surface area (Å²) in [7, 11) is 1.64. The van der Waals surface area contributed by atoms with Crippen molar-refractivity contribution < 1.29 is 43.4 Å². The molecule has 0 unspecified atom stereocenters. The topological polar surface area (TPSA) is 43.0 Å². The van der Waals surface area contributed by atoms with Gasteiger partial charge in [-0.3, -0.25) is 4.90 Å². The monoisotopic (exact) mass is 458 g/mol. The predicted octanol–water partition coefficient (Wildman–Crippen LogP) is -2.77. The summed E-state index contributed by atoms with van der Waals surface area (Å²) in [5.74, 6) is 1.19. The van der Waals surface area contributed by atoms with Gasteiger partial charge in [-0.2, -0.15) is 0 Å². The summed E-state index contributed by atoms with van der Waals surface area (Å²) in [5, 5.41) is 3.50. The van der Waals surface area contributed by atoms with Gasteiger partial charge in [0.2, 0.25) is 0 Å². The molecule has 1 heterocycles. The average Bonchev–Trinajstić information content (AvgIpc) is 2.74. The molecule has 1 fully saturated rings. The fourth-order valence-electron chi connectivity index (χ4n) is 3.24. The Bertz CT molecular complexity index is 729. The highest BCUT2D eigenvalue weighted by Gasteiger charge is 2.12. The molecule has 0 atom stereocenters. The molecule has 0 radical (unpaired) electrons. The van der Waals surface area contributed by atoms with Crippen LogP contribution in [-0.2, 0) is 17.9 Å². The summed E-state index contributed by atoms with van der Waals surface area (Å²) in [6.07, 6.45) is 1.09. The highest BCUT2D eigenvalue weighted by atomic mass is 35.5. The lowest BCUT2D eigenvalue weighted by Crippen LogP contribution is -3.00. The Hall–Kier alpha value is -1.57. The number of hydrogen-bond donors (Lipinski definition) is 1. The van der Waals surface area contributed by atoms with Crippen LogP contribution in [0.1, 0.15) is 17.5 Å². The van der Waals surface area contributed by atoms with Gasteiger partial charge in [-0.1, -0.05) is 24.3 Å². The van der Waals surface area contributed by atoms with E-state index in [9.17, 15) is 4.39 Å². The molecule has 1 aliphatic rings. The molecule has 2 aromatic carbocycles. The zero-order valence-electron chi connectivity index (χ0n) is 17.2. The van der Waals surface area contributed by atoms with E-state index in [1.54, 1.807) is 19.2 Å². The number of nitrogens with zero attached hydrogens (tertiary/aromatic N) is 1. The number of halogens is 3. The molecule has 0 aromatic heterocycles. The quantitative estimate of drug-likeness (QED) is 0.390. The molecule has 8 heteroatoms. The summed E-state index contributed by atoms with van der Waals surface area (Å²) in [6, 6.07) is 12.2. The lowest BCUT2D eigenvalue weighted by Gasteiger charge is -2.26. The molecule has 0 spiro atoms. The zero-order valence-corrected chi connectivity index (χ0v) is 18.7. The minimum Gasteiger partial charge on any atom is -1.00 e. The van der Waals surface area contributed by atoms with Crippen molar-refractivity contribution in [1.29, 1.82) is 0 Å². The van der Waals surface area contributed by atoms with Crippen LogP contribution in [0.2, 0.25) is 0 Å². The Morgan fingerprint density at radius 3 is 2.50 bits per heavy atom. The maximum Gasteiger partial charge on any atom is 0.166 e. The lowest BCUT2D eigenvalue weighted by atomic mass is 10.1. The van der Waals surface area contributed by atoms with E-state index in [0.717, 1.165) is 62.7 Å². The van der Waals surface area contributed by atoms with Crippen LogP contribution in [0.5, 0.6) is 11.5 Å².